The molecule has 0 saturated carbocycles. The van der Waals surface area contributed by atoms with Crippen LogP contribution in [0.2, 0.25) is 0 Å². The third-order valence-corrected chi connectivity index (χ3v) is 3.34. The van der Waals surface area contributed by atoms with Crippen molar-refractivity contribution in [2.24, 2.45) is 0 Å². The number of carbonyl (C=O) groups excluding carboxylic acids is 1. The van der Waals surface area contributed by atoms with Crippen molar-refractivity contribution in [3.63, 3.8) is 0 Å². The van der Waals surface area contributed by atoms with Crippen LogP contribution in [0.4, 0.5) is 0 Å². The molecule has 0 radical (unpaired) electrons. The van der Waals surface area contributed by atoms with Crippen LogP contribution in [0.1, 0.15) is 41.5 Å². The lowest BCUT2D eigenvalue weighted by molar-refractivity contribution is -0.139. The molecule has 6 heteroatoms. The fraction of sp³-hybridized carbons (Fsp3) is 0.312. The highest BCUT2D eigenvalue weighted by molar-refractivity contribution is 5.95. The maximum Gasteiger partial charge on any atom is 0.326 e. The topological polar surface area (TPSA) is 95.1 Å². The molecule has 3 N–H and O–H groups in total. The summed E-state index contributed by atoms with van der Waals surface area (Å²) in [7, 11) is 0. The predicted molar refractivity (Wildman–Crippen MR) is 81.7 cm³/mol. The summed E-state index contributed by atoms with van der Waals surface area (Å²) in [5.74, 6) is -1.35. The minimum absolute atomic E-state index is 0.197. The summed E-state index contributed by atoms with van der Waals surface area (Å²) < 4.78 is 0. The van der Waals surface area contributed by atoms with Crippen LogP contribution in [0.3, 0.4) is 0 Å². The van der Waals surface area contributed by atoms with Crippen LogP contribution < -0.4 is 5.32 Å². The Labute approximate surface area is 128 Å². The first-order valence-corrected chi connectivity index (χ1v) is 7.10. The number of carboxylic acid groups (broad SMARTS) is 1. The molecule has 1 aromatic carbocycles. The van der Waals surface area contributed by atoms with Crippen molar-refractivity contribution < 1.29 is 14.7 Å². The maximum atomic E-state index is 12.1. The zero-order valence-corrected chi connectivity index (χ0v) is 12.5. The summed E-state index contributed by atoms with van der Waals surface area (Å²) in [6.45, 7) is 3.95. The number of nitrogens with one attached hydrogen (secondary N) is 2. The Bertz CT molecular complexity index is 650. The van der Waals surface area contributed by atoms with Crippen LogP contribution in [-0.2, 0) is 11.2 Å². The number of aliphatic carboxylic acids is 1. The molecule has 1 atom stereocenters. The van der Waals surface area contributed by atoms with E-state index >= 15 is 0 Å². The van der Waals surface area contributed by atoms with E-state index < -0.39 is 17.9 Å². The molecular weight excluding hydrogens is 282 g/mol. The minimum atomic E-state index is -1.07. The van der Waals surface area contributed by atoms with Gasteiger partial charge in [-0.1, -0.05) is 44.2 Å². The molecule has 6 nitrogen and oxygen atoms in total. The van der Waals surface area contributed by atoms with Gasteiger partial charge in [0.2, 0.25) is 0 Å². The molecule has 2 rings (SSSR count). The smallest absolute Gasteiger partial charge is 0.326 e. The van der Waals surface area contributed by atoms with Crippen LogP contribution in [0.25, 0.3) is 0 Å². The molecule has 0 bridgehead atoms. The fourth-order valence-corrected chi connectivity index (χ4v) is 2.03. The monoisotopic (exact) mass is 301 g/mol. The van der Waals surface area contributed by atoms with Gasteiger partial charge in [-0.2, -0.15) is 5.10 Å². The van der Waals surface area contributed by atoms with E-state index in [1.807, 2.05) is 44.2 Å². The van der Waals surface area contributed by atoms with E-state index in [9.17, 15) is 14.7 Å². The standard InChI is InChI=1S/C16H19N3O3/c1-10(2)12-9-13(19-18-12)15(20)17-14(16(21)22)8-11-6-4-3-5-7-11/h3-7,9-10,14H,8H2,1-2H3,(H,17,20)(H,18,19)(H,21,22). The molecule has 1 amide bonds. The van der Waals surface area contributed by atoms with Crippen LogP contribution >= 0.6 is 0 Å². The van der Waals surface area contributed by atoms with E-state index in [4.69, 9.17) is 0 Å². The zero-order chi connectivity index (χ0) is 16.1. The molecule has 0 aliphatic rings. The van der Waals surface area contributed by atoms with Crippen molar-refractivity contribution >= 4 is 11.9 Å². The van der Waals surface area contributed by atoms with E-state index in [0.29, 0.717) is 0 Å². The van der Waals surface area contributed by atoms with E-state index in [-0.39, 0.29) is 18.0 Å². The molecular formula is C16H19N3O3. The van der Waals surface area contributed by atoms with Crippen molar-refractivity contribution in [1.29, 1.82) is 0 Å². The second-order valence-corrected chi connectivity index (χ2v) is 5.42. The lowest BCUT2D eigenvalue weighted by Crippen LogP contribution is -2.42. The number of hydrogen-bond donors (Lipinski definition) is 3. The van der Waals surface area contributed by atoms with E-state index in [0.717, 1.165) is 11.3 Å². The SMILES string of the molecule is CC(C)c1cc(C(=O)NC(Cc2ccccc2)C(=O)O)n[nH]1. The maximum absolute atomic E-state index is 12.1. The van der Waals surface area contributed by atoms with Gasteiger partial charge in [0, 0.05) is 12.1 Å². The molecule has 1 unspecified atom stereocenters. The van der Waals surface area contributed by atoms with Gasteiger partial charge in [0.1, 0.15) is 11.7 Å². The number of benzene rings is 1. The number of rotatable bonds is 6. The van der Waals surface area contributed by atoms with Crippen molar-refractivity contribution in [3.05, 3.63) is 53.3 Å². The first-order chi connectivity index (χ1) is 10.5. The van der Waals surface area contributed by atoms with E-state index in [2.05, 4.69) is 15.5 Å². The molecule has 2 aromatic rings. The Morgan fingerprint density at radius 2 is 1.95 bits per heavy atom. The first kappa shape index (κ1) is 15.8. The highest BCUT2D eigenvalue weighted by atomic mass is 16.4. The van der Waals surface area contributed by atoms with Gasteiger partial charge in [-0.05, 0) is 17.5 Å². The van der Waals surface area contributed by atoms with E-state index in [1.165, 1.54) is 0 Å². The highest BCUT2D eigenvalue weighted by Gasteiger charge is 2.22. The van der Waals surface area contributed by atoms with Gasteiger partial charge in [-0.25, -0.2) is 4.79 Å². The number of carboxylic acids is 1. The van der Waals surface area contributed by atoms with Gasteiger partial charge in [0.15, 0.2) is 0 Å². The molecule has 0 saturated heterocycles. The summed E-state index contributed by atoms with van der Waals surface area (Å²) in [6.07, 6.45) is 0.226. The third kappa shape index (κ3) is 3.94. The quantitative estimate of drug-likeness (QED) is 0.760. The Morgan fingerprint density at radius 1 is 1.27 bits per heavy atom. The van der Waals surface area contributed by atoms with Gasteiger partial charge >= 0.3 is 5.97 Å². The van der Waals surface area contributed by atoms with Gasteiger partial charge in [0.05, 0.1) is 0 Å². The summed E-state index contributed by atoms with van der Waals surface area (Å²) in [5, 5.41) is 18.5. The Balaban J connectivity index is 2.07. The van der Waals surface area contributed by atoms with Gasteiger partial charge in [-0.15, -0.1) is 0 Å². The minimum Gasteiger partial charge on any atom is -0.480 e. The Kier molecular flexibility index (Phi) is 4.93. The van der Waals surface area contributed by atoms with Crippen molar-refractivity contribution in [2.45, 2.75) is 32.2 Å². The van der Waals surface area contributed by atoms with Crippen LogP contribution in [0, 0.1) is 0 Å². The van der Waals surface area contributed by atoms with Crippen molar-refractivity contribution in [2.75, 3.05) is 0 Å². The largest absolute Gasteiger partial charge is 0.480 e. The normalized spacial score (nSPS) is 12.1. The van der Waals surface area contributed by atoms with Crippen LogP contribution in [-0.4, -0.2) is 33.2 Å². The van der Waals surface area contributed by atoms with Gasteiger partial charge in [-0.3, -0.25) is 9.89 Å². The molecule has 0 fully saturated rings. The van der Waals surface area contributed by atoms with Crippen molar-refractivity contribution in [3.8, 4) is 0 Å². The van der Waals surface area contributed by atoms with E-state index in [1.54, 1.807) is 6.07 Å². The number of amides is 1. The van der Waals surface area contributed by atoms with Gasteiger partial charge < -0.3 is 10.4 Å². The summed E-state index contributed by atoms with van der Waals surface area (Å²) in [4.78, 5) is 23.5. The average molecular weight is 301 g/mol. The zero-order valence-electron chi connectivity index (χ0n) is 12.5. The number of aromatic nitrogens is 2. The fourth-order valence-electron chi connectivity index (χ4n) is 2.03. The summed E-state index contributed by atoms with van der Waals surface area (Å²) >= 11 is 0. The Morgan fingerprint density at radius 3 is 2.50 bits per heavy atom. The highest BCUT2D eigenvalue weighted by Crippen LogP contribution is 2.12. The lowest BCUT2D eigenvalue weighted by Gasteiger charge is -2.13. The molecule has 0 aliphatic heterocycles. The predicted octanol–water partition coefficient (Wildman–Crippen LogP) is 1.96. The summed E-state index contributed by atoms with van der Waals surface area (Å²) in [6, 6.07) is 9.82. The molecule has 116 valence electrons. The van der Waals surface area contributed by atoms with Crippen LogP contribution in [0.15, 0.2) is 36.4 Å². The molecule has 1 heterocycles. The van der Waals surface area contributed by atoms with Crippen LogP contribution in [0.5, 0.6) is 0 Å². The third-order valence-electron chi connectivity index (χ3n) is 3.34. The first-order valence-electron chi connectivity index (χ1n) is 7.10. The molecule has 0 aliphatic carbocycles. The summed E-state index contributed by atoms with van der Waals surface area (Å²) in [5.41, 5.74) is 1.88. The Hall–Kier alpha value is -2.63. The number of H-pyrrole nitrogens is 1. The molecule has 0 spiro atoms. The second kappa shape index (κ2) is 6.89. The number of nitrogens with zero attached hydrogens (tertiary/aromatic N) is 1. The average Bonchev–Trinajstić information content (AvgIpc) is 2.97. The van der Waals surface area contributed by atoms with Gasteiger partial charge in [0.25, 0.3) is 5.91 Å². The second-order valence-electron chi connectivity index (χ2n) is 5.42. The lowest BCUT2D eigenvalue weighted by atomic mass is 10.1. The number of carbonyl (C=O) groups is 2. The molecule has 22 heavy (non-hydrogen) atoms. The number of hydrogen-bond acceptors (Lipinski definition) is 3. The number of aromatic amines is 1. The van der Waals surface area contributed by atoms with Crippen molar-refractivity contribution in [1.82, 2.24) is 15.5 Å². The molecule has 1 aromatic heterocycles.